The van der Waals surface area contributed by atoms with Crippen molar-refractivity contribution in [2.75, 3.05) is 52.2 Å². The van der Waals surface area contributed by atoms with Gasteiger partial charge in [0.05, 0.1) is 30.8 Å². The second-order valence-electron chi connectivity index (χ2n) is 9.13. The molecule has 37 heavy (non-hydrogen) atoms. The van der Waals surface area contributed by atoms with E-state index in [9.17, 15) is 32.0 Å². The van der Waals surface area contributed by atoms with Gasteiger partial charge in [-0.05, 0) is 26.0 Å². The highest BCUT2D eigenvalue weighted by atomic mass is 32.2. The van der Waals surface area contributed by atoms with Crippen molar-refractivity contribution in [1.82, 2.24) is 20.4 Å². The minimum absolute atomic E-state index is 0.00900. The highest BCUT2D eigenvalue weighted by Gasteiger charge is 2.39. The molecule has 11 nitrogen and oxygen atoms in total. The largest absolute Gasteiger partial charge is 0.435 e. The molecule has 0 radical (unpaired) electrons. The summed E-state index contributed by atoms with van der Waals surface area (Å²) >= 11 is 0. The van der Waals surface area contributed by atoms with Crippen molar-refractivity contribution < 1.29 is 36.3 Å². The van der Waals surface area contributed by atoms with Crippen LogP contribution in [0.4, 0.5) is 13.6 Å². The third kappa shape index (κ3) is 8.24. The molecule has 0 aliphatic carbocycles. The van der Waals surface area contributed by atoms with E-state index in [2.05, 4.69) is 21.4 Å². The van der Waals surface area contributed by atoms with E-state index in [0.29, 0.717) is 39.1 Å². The van der Waals surface area contributed by atoms with E-state index >= 15 is 0 Å². The number of ether oxygens (including phenoxy) is 2. The van der Waals surface area contributed by atoms with Crippen molar-refractivity contribution in [3.8, 4) is 11.8 Å². The van der Waals surface area contributed by atoms with E-state index in [4.69, 9.17) is 4.74 Å². The standard InChI is InChI=1S/C23H31F2N5O6S/c1-29-8-6-23(16-26,7-9-29)28-20(31)18(27-22(32)30-10-12-35-13-11-30)15-37(33,34)14-17-4-2-3-5-19(17)36-21(24)25/h2-5,18,21H,6-15H2,1H3,(H,27,32)(H,28,31). The van der Waals surface area contributed by atoms with Gasteiger partial charge in [0.1, 0.15) is 17.3 Å². The number of urea groups is 1. The summed E-state index contributed by atoms with van der Waals surface area (Å²) in [4.78, 5) is 29.5. The smallest absolute Gasteiger partial charge is 0.387 e. The van der Waals surface area contributed by atoms with Crippen molar-refractivity contribution in [2.45, 2.75) is 36.8 Å². The number of nitrogens with zero attached hydrogens (tertiary/aromatic N) is 3. The quantitative estimate of drug-likeness (QED) is 0.464. The Morgan fingerprint density at radius 2 is 1.84 bits per heavy atom. The van der Waals surface area contributed by atoms with E-state index in [1.807, 2.05) is 11.9 Å². The van der Waals surface area contributed by atoms with Crippen molar-refractivity contribution in [3.05, 3.63) is 29.8 Å². The van der Waals surface area contributed by atoms with Crippen LogP contribution in [0, 0.1) is 11.3 Å². The van der Waals surface area contributed by atoms with Gasteiger partial charge in [0.15, 0.2) is 9.84 Å². The Morgan fingerprint density at radius 3 is 2.46 bits per heavy atom. The Hall–Kier alpha value is -3.02. The fourth-order valence-electron chi connectivity index (χ4n) is 4.16. The van der Waals surface area contributed by atoms with Crippen molar-refractivity contribution >= 4 is 21.8 Å². The first kappa shape index (κ1) is 28.5. The average molecular weight is 544 g/mol. The Balaban J connectivity index is 1.80. The zero-order chi connectivity index (χ0) is 27.1. The van der Waals surface area contributed by atoms with Gasteiger partial charge < -0.3 is 29.9 Å². The van der Waals surface area contributed by atoms with Gasteiger partial charge in [0.25, 0.3) is 0 Å². The lowest BCUT2D eigenvalue weighted by Gasteiger charge is -2.37. The van der Waals surface area contributed by atoms with Gasteiger partial charge in [-0.2, -0.15) is 14.0 Å². The van der Waals surface area contributed by atoms with Crippen LogP contribution in [0.3, 0.4) is 0 Å². The zero-order valence-electron chi connectivity index (χ0n) is 20.5. The van der Waals surface area contributed by atoms with E-state index in [0.717, 1.165) is 0 Å². The first-order valence-corrected chi connectivity index (χ1v) is 13.6. The Morgan fingerprint density at radius 1 is 1.19 bits per heavy atom. The molecule has 0 bridgehead atoms. The van der Waals surface area contributed by atoms with Crippen molar-refractivity contribution in [1.29, 1.82) is 5.26 Å². The second kappa shape index (κ2) is 12.5. The Kier molecular flexibility index (Phi) is 9.63. The maximum Gasteiger partial charge on any atom is 0.387 e. The number of nitriles is 1. The molecular formula is C23H31F2N5O6S. The number of morpholine rings is 1. The molecule has 14 heteroatoms. The molecule has 204 valence electrons. The lowest BCUT2D eigenvalue weighted by Crippen LogP contribution is -2.61. The molecule has 1 aromatic rings. The summed E-state index contributed by atoms with van der Waals surface area (Å²) < 4.78 is 61.4. The van der Waals surface area contributed by atoms with Gasteiger partial charge in [-0.25, -0.2) is 13.2 Å². The molecule has 0 aromatic heterocycles. The number of para-hydroxylation sites is 1. The van der Waals surface area contributed by atoms with Crippen LogP contribution in [0.5, 0.6) is 5.75 Å². The van der Waals surface area contributed by atoms with E-state index in [1.54, 1.807) is 0 Å². The highest BCUT2D eigenvalue weighted by Crippen LogP contribution is 2.24. The third-order valence-electron chi connectivity index (χ3n) is 6.31. The summed E-state index contributed by atoms with van der Waals surface area (Å²) in [7, 11) is -2.24. The maximum absolute atomic E-state index is 13.3. The second-order valence-corrected chi connectivity index (χ2v) is 11.2. The molecular weight excluding hydrogens is 512 g/mol. The van der Waals surface area contributed by atoms with Crippen LogP contribution < -0.4 is 15.4 Å². The zero-order valence-corrected chi connectivity index (χ0v) is 21.3. The number of carbonyl (C=O) groups excluding carboxylic acids is 2. The summed E-state index contributed by atoms with van der Waals surface area (Å²) in [6, 6.07) is 5.43. The van der Waals surface area contributed by atoms with Gasteiger partial charge in [-0.1, -0.05) is 18.2 Å². The Bertz CT molecular complexity index is 1100. The Labute approximate surface area is 214 Å². The molecule has 3 amide bonds. The number of likely N-dealkylation sites (tertiary alicyclic amines) is 1. The molecule has 1 atom stereocenters. The summed E-state index contributed by atoms with van der Waals surface area (Å²) in [5.41, 5.74) is -1.21. The van der Waals surface area contributed by atoms with E-state index < -0.39 is 51.5 Å². The number of alkyl halides is 2. The minimum atomic E-state index is -4.12. The molecule has 3 rings (SSSR count). The summed E-state index contributed by atoms with van der Waals surface area (Å²) in [5.74, 6) is -2.61. The molecule has 2 N–H and O–H groups in total. The molecule has 2 heterocycles. The van der Waals surface area contributed by atoms with Crippen LogP contribution in [-0.2, 0) is 25.1 Å². The van der Waals surface area contributed by atoms with Crippen molar-refractivity contribution in [3.63, 3.8) is 0 Å². The fraction of sp³-hybridized carbons (Fsp3) is 0.609. The number of hydrogen-bond acceptors (Lipinski definition) is 8. The lowest BCUT2D eigenvalue weighted by atomic mass is 9.89. The fourth-order valence-corrected chi connectivity index (χ4v) is 5.73. The number of carbonyl (C=O) groups is 2. The summed E-state index contributed by atoms with van der Waals surface area (Å²) in [6.45, 7) is -0.912. The van der Waals surface area contributed by atoms with Crippen LogP contribution in [0.2, 0.25) is 0 Å². The van der Waals surface area contributed by atoms with Gasteiger partial charge >= 0.3 is 12.6 Å². The number of sulfone groups is 1. The van der Waals surface area contributed by atoms with Gasteiger partial charge in [0, 0.05) is 31.7 Å². The minimum Gasteiger partial charge on any atom is -0.435 e. The summed E-state index contributed by atoms with van der Waals surface area (Å²) in [5, 5.41) is 14.9. The van der Waals surface area contributed by atoms with Crippen LogP contribution in [0.1, 0.15) is 18.4 Å². The lowest BCUT2D eigenvalue weighted by molar-refractivity contribution is -0.124. The van der Waals surface area contributed by atoms with Gasteiger partial charge in [-0.3, -0.25) is 4.79 Å². The molecule has 2 aliphatic rings. The number of hydrogen-bond donors (Lipinski definition) is 2. The molecule has 0 saturated carbocycles. The number of nitrogens with one attached hydrogen (secondary N) is 2. The number of amides is 3. The van der Waals surface area contributed by atoms with E-state index in [1.165, 1.54) is 29.2 Å². The van der Waals surface area contributed by atoms with Crippen LogP contribution >= 0.6 is 0 Å². The number of benzene rings is 1. The average Bonchev–Trinajstić information content (AvgIpc) is 2.86. The number of piperidine rings is 1. The molecule has 1 aromatic carbocycles. The number of halogens is 2. The van der Waals surface area contributed by atoms with Crippen LogP contribution in [0.15, 0.2) is 24.3 Å². The van der Waals surface area contributed by atoms with Crippen molar-refractivity contribution in [2.24, 2.45) is 0 Å². The monoisotopic (exact) mass is 543 g/mol. The predicted molar refractivity (Wildman–Crippen MR) is 128 cm³/mol. The predicted octanol–water partition coefficient (Wildman–Crippen LogP) is 0.717. The highest BCUT2D eigenvalue weighted by molar-refractivity contribution is 7.90. The normalized spacial score (nSPS) is 19.1. The van der Waals surface area contributed by atoms with Crippen LogP contribution in [-0.4, -0.2) is 101 Å². The van der Waals surface area contributed by atoms with Gasteiger partial charge in [0.2, 0.25) is 5.91 Å². The van der Waals surface area contributed by atoms with E-state index in [-0.39, 0.29) is 24.4 Å². The molecule has 2 fully saturated rings. The third-order valence-corrected chi connectivity index (χ3v) is 7.91. The molecule has 2 aliphatic heterocycles. The molecule has 2 saturated heterocycles. The SMILES string of the molecule is CN1CCC(C#N)(NC(=O)C(CS(=O)(=O)Cc2ccccc2OC(F)F)NC(=O)N2CCOCC2)CC1. The maximum atomic E-state index is 13.3. The first-order chi connectivity index (χ1) is 17.5. The van der Waals surface area contributed by atoms with Crippen LogP contribution in [0.25, 0.3) is 0 Å². The topological polar surface area (TPSA) is 141 Å². The van der Waals surface area contributed by atoms with Gasteiger partial charge in [-0.15, -0.1) is 0 Å². The molecule has 1 unspecified atom stereocenters. The number of rotatable bonds is 9. The molecule has 0 spiro atoms. The first-order valence-electron chi connectivity index (χ1n) is 11.8. The summed E-state index contributed by atoms with van der Waals surface area (Å²) in [6.07, 6.45) is 0.669.